The number of nitrogens with zero attached hydrogens (tertiary/aromatic N) is 1. The number of carbonyl (C=O) groups is 2. The highest BCUT2D eigenvalue weighted by Crippen LogP contribution is 2.30. The molecule has 1 heterocycles. The van der Waals surface area contributed by atoms with Crippen LogP contribution in [0.1, 0.15) is 40.3 Å². The number of benzene rings is 1. The normalized spacial score (nSPS) is 10.1. The Morgan fingerprint density at radius 1 is 0.957 bits per heavy atom. The summed E-state index contributed by atoms with van der Waals surface area (Å²) in [5.41, 5.74) is 15.9. The number of Topliss-reactive ketones (excluding diaryl/α,β-unsaturated/α-hetero) is 2. The number of halogens is 1. The van der Waals surface area contributed by atoms with Gasteiger partial charge in [-0.15, -0.1) is 0 Å². The zero-order valence-corrected chi connectivity index (χ0v) is 14.4. The zero-order valence-electron chi connectivity index (χ0n) is 13.6. The van der Waals surface area contributed by atoms with E-state index in [1.807, 2.05) is 20.0 Å². The molecule has 0 fully saturated rings. The molecule has 0 bridgehead atoms. The van der Waals surface area contributed by atoms with Gasteiger partial charge in [0.25, 0.3) is 5.82 Å². The molecule has 4 N–H and O–H groups in total. The van der Waals surface area contributed by atoms with Gasteiger partial charge in [-0.2, -0.15) is 0 Å². The molecule has 2 aromatic rings. The molecule has 6 heteroatoms. The summed E-state index contributed by atoms with van der Waals surface area (Å²) in [4.78, 5) is 23.4. The number of ketones is 2. The maximum Gasteiger partial charge on any atom is 0.296 e. The molecule has 0 unspecified atom stereocenters. The lowest BCUT2D eigenvalue weighted by atomic mass is 9.96. The van der Waals surface area contributed by atoms with Gasteiger partial charge in [-0.25, -0.2) is 4.57 Å². The van der Waals surface area contributed by atoms with E-state index in [1.54, 1.807) is 22.8 Å². The SMILES string of the molecule is CC(=O)c1cc(C(C)=O)cc(-c2cc(C)[n+](C)c(N)c2N)c1.[Cl-]. The van der Waals surface area contributed by atoms with Crippen molar-refractivity contribution in [1.29, 1.82) is 0 Å². The Bertz CT molecular complexity index is 769. The second-order valence-corrected chi connectivity index (χ2v) is 5.47. The van der Waals surface area contributed by atoms with Crippen molar-refractivity contribution in [3.63, 3.8) is 0 Å². The molecular weight excluding hydrogens is 314 g/mol. The minimum atomic E-state index is -0.103. The number of carbonyl (C=O) groups excluding carboxylic acids is 2. The summed E-state index contributed by atoms with van der Waals surface area (Å²) >= 11 is 0. The lowest BCUT2D eigenvalue weighted by molar-refractivity contribution is -0.662. The number of aromatic nitrogens is 1. The van der Waals surface area contributed by atoms with Gasteiger partial charge in [0.2, 0.25) is 0 Å². The molecule has 0 saturated heterocycles. The number of nitrogens with two attached hydrogens (primary N) is 2. The maximum atomic E-state index is 11.7. The third-order valence-corrected chi connectivity index (χ3v) is 3.87. The standard InChI is InChI=1S/C17H19N3O2.ClH/c1-9-5-15(16(18)17(19)20(9)4)14-7-12(10(2)21)6-13(8-14)11(3)22;/h5-8,19H,18H2,1-4H3;1H. The first kappa shape index (κ1) is 18.6. The predicted molar refractivity (Wildman–Crippen MR) is 86.6 cm³/mol. The van der Waals surface area contributed by atoms with Crippen molar-refractivity contribution in [2.75, 3.05) is 11.5 Å². The van der Waals surface area contributed by atoms with Crippen molar-refractivity contribution in [3.8, 4) is 11.1 Å². The molecule has 1 aromatic carbocycles. The fourth-order valence-corrected chi connectivity index (χ4v) is 2.32. The Morgan fingerprint density at radius 2 is 1.43 bits per heavy atom. The van der Waals surface area contributed by atoms with Crippen molar-refractivity contribution in [1.82, 2.24) is 0 Å². The fraction of sp³-hybridized carbons (Fsp3) is 0.235. The first-order chi connectivity index (χ1) is 10.2. The summed E-state index contributed by atoms with van der Waals surface area (Å²) in [6.45, 7) is 4.86. The molecule has 23 heavy (non-hydrogen) atoms. The number of nitrogen functional groups attached to an aromatic ring is 2. The van der Waals surface area contributed by atoms with E-state index >= 15 is 0 Å². The van der Waals surface area contributed by atoms with Gasteiger partial charge < -0.3 is 18.1 Å². The number of pyridine rings is 1. The van der Waals surface area contributed by atoms with Crippen LogP contribution in [0, 0.1) is 6.92 Å². The van der Waals surface area contributed by atoms with E-state index in [4.69, 9.17) is 11.5 Å². The highest BCUT2D eigenvalue weighted by molar-refractivity contribution is 6.02. The molecule has 2 rings (SSSR count). The largest absolute Gasteiger partial charge is 1.00 e. The molecule has 1 aromatic heterocycles. The lowest BCUT2D eigenvalue weighted by Crippen LogP contribution is -3.00. The summed E-state index contributed by atoms with van der Waals surface area (Å²) in [5, 5.41) is 0. The number of hydrogen-bond acceptors (Lipinski definition) is 4. The monoisotopic (exact) mass is 333 g/mol. The van der Waals surface area contributed by atoms with Crippen molar-refractivity contribution < 1.29 is 26.6 Å². The first-order valence-electron chi connectivity index (χ1n) is 6.94. The van der Waals surface area contributed by atoms with Crippen LogP contribution >= 0.6 is 0 Å². The average molecular weight is 334 g/mol. The van der Waals surface area contributed by atoms with Crippen molar-refractivity contribution in [2.24, 2.45) is 7.05 Å². The van der Waals surface area contributed by atoms with Crippen LogP contribution in [0.2, 0.25) is 0 Å². The van der Waals surface area contributed by atoms with Gasteiger partial charge in [-0.05, 0) is 50.6 Å². The predicted octanol–water partition coefficient (Wildman–Crippen LogP) is -0.940. The summed E-state index contributed by atoms with van der Waals surface area (Å²) in [6.07, 6.45) is 0. The molecular formula is C17H20ClN3O2. The first-order valence-corrected chi connectivity index (χ1v) is 6.94. The van der Waals surface area contributed by atoms with E-state index in [9.17, 15) is 9.59 Å². The van der Waals surface area contributed by atoms with Gasteiger partial charge in [-0.1, -0.05) is 0 Å². The molecule has 5 nitrogen and oxygen atoms in total. The van der Waals surface area contributed by atoms with Crippen LogP contribution in [-0.2, 0) is 7.05 Å². The molecule has 0 atom stereocenters. The summed E-state index contributed by atoms with van der Waals surface area (Å²) in [6, 6.07) is 6.97. The van der Waals surface area contributed by atoms with E-state index < -0.39 is 0 Å². The van der Waals surface area contributed by atoms with Gasteiger partial charge in [0.15, 0.2) is 11.6 Å². The molecule has 0 amide bonds. The summed E-state index contributed by atoms with van der Waals surface area (Å²) in [7, 11) is 1.83. The number of aryl methyl sites for hydroxylation is 1. The average Bonchev–Trinajstić information content (AvgIpc) is 2.48. The van der Waals surface area contributed by atoms with Gasteiger partial charge in [0.1, 0.15) is 11.4 Å². The Labute approximate surface area is 141 Å². The van der Waals surface area contributed by atoms with Crippen LogP contribution in [0.5, 0.6) is 0 Å². The molecule has 0 radical (unpaired) electrons. The molecule has 0 spiro atoms. The highest BCUT2D eigenvalue weighted by atomic mass is 35.5. The van der Waals surface area contributed by atoms with Gasteiger partial charge in [0, 0.05) is 16.7 Å². The minimum Gasteiger partial charge on any atom is -1.00 e. The number of anilines is 2. The van der Waals surface area contributed by atoms with Crippen molar-refractivity contribution >= 4 is 23.1 Å². The number of hydrogen-bond donors (Lipinski definition) is 2. The lowest BCUT2D eigenvalue weighted by Gasteiger charge is -2.12. The third-order valence-electron chi connectivity index (χ3n) is 3.87. The molecule has 0 aliphatic heterocycles. The Hall–Kier alpha value is -2.40. The highest BCUT2D eigenvalue weighted by Gasteiger charge is 2.17. The Morgan fingerprint density at radius 3 is 1.87 bits per heavy atom. The maximum absolute atomic E-state index is 11.7. The quantitative estimate of drug-likeness (QED) is 0.560. The number of rotatable bonds is 3. The van der Waals surface area contributed by atoms with Gasteiger partial charge in [0.05, 0.1) is 7.05 Å². The smallest absolute Gasteiger partial charge is 0.296 e. The van der Waals surface area contributed by atoms with Crippen molar-refractivity contribution in [2.45, 2.75) is 20.8 Å². The van der Waals surface area contributed by atoms with Crippen LogP contribution < -0.4 is 28.4 Å². The van der Waals surface area contributed by atoms with Gasteiger partial charge in [-0.3, -0.25) is 15.3 Å². The Balaban J connectivity index is 0.00000264. The molecule has 0 aliphatic rings. The summed E-state index contributed by atoms with van der Waals surface area (Å²) < 4.78 is 1.79. The van der Waals surface area contributed by atoms with Crippen molar-refractivity contribution in [3.05, 3.63) is 41.1 Å². The molecule has 122 valence electrons. The van der Waals surface area contributed by atoms with Crippen LogP contribution in [0.25, 0.3) is 11.1 Å². The second-order valence-electron chi connectivity index (χ2n) is 5.47. The Kier molecular flexibility index (Phi) is 5.51. The van der Waals surface area contributed by atoms with E-state index in [0.29, 0.717) is 28.2 Å². The topological polar surface area (TPSA) is 90.1 Å². The molecule has 0 saturated carbocycles. The van der Waals surface area contributed by atoms with Crippen LogP contribution in [-0.4, -0.2) is 11.6 Å². The fourth-order valence-electron chi connectivity index (χ4n) is 2.32. The van der Waals surface area contributed by atoms with Crippen LogP contribution in [0.4, 0.5) is 11.5 Å². The van der Waals surface area contributed by atoms with E-state index in [2.05, 4.69) is 0 Å². The third kappa shape index (κ3) is 3.51. The van der Waals surface area contributed by atoms with E-state index in [-0.39, 0.29) is 24.0 Å². The molecule has 0 aliphatic carbocycles. The van der Waals surface area contributed by atoms with E-state index in [1.165, 1.54) is 13.8 Å². The van der Waals surface area contributed by atoms with Gasteiger partial charge >= 0.3 is 0 Å². The summed E-state index contributed by atoms with van der Waals surface area (Å²) in [5.74, 6) is 0.246. The minimum absolute atomic E-state index is 0. The second kappa shape index (κ2) is 6.79. The zero-order chi connectivity index (χ0) is 16.6. The van der Waals surface area contributed by atoms with E-state index in [0.717, 1.165) is 11.3 Å². The van der Waals surface area contributed by atoms with Crippen LogP contribution in [0.3, 0.4) is 0 Å². The van der Waals surface area contributed by atoms with Crippen LogP contribution in [0.15, 0.2) is 24.3 Å².